The zero-order chi connectivity index (χ0) is 42.0. The van der Waals surface area contributed by atoms with E-state index in [-0.39, 0.29) is 30.0 Å². The van der Waals surface area contributed by atoms with Gasteiger partial charge in [-0.2, -0.15) is 0 Å². The molecular formula is C44H40N10O6. The second kappa shape index (κ2) is 18.4. The van der Waals surface area contributed by atoms with Crippen LogP contribution in [0.3, 0.4) is 0 Å². The maximum atomic E-state index is 12.8. The summed E-state index contributed by atoms with van der Waals surface area (Å²) >= 11 is 0. The molecule has 0 spiro atoms. The minimum Gasteiger partial charge on any atom is -0.404 e. The van der Waals surface area contributed by atoms with Crippen LogP contribution in [-0.2, 0) is 26.3 Å². The number of aryl methyl sites for hydroxylation is 2. The number of benzene rings is 4. The van der Waals surface area contributed by atoms with Crippen LogP contribution < -0.4 is 37.2 Å². The largest absolute Gasteiger partial charge is 0.404 e. The molecule has 0 unspecified atom stereocenters. The number of hydrogen-bond acceptors (Lipinski definition) is 13. The smallest absolute Gasteiger partial charge is 0.287 e. The van der Waals surface area contributed by atoms with Gasteiger partial charge >= 0.3 is 0 Å². The van der Waals surface area contributed by atoms with Crippen molar-refractivity contribution in [2.45, 2.75) is 40.2 Å². The normalized spacial score (nSPS) is 10.8. The molecule has 4 N–H and O–H groups in total. The number of nitrogens with zero attached hydrogens (tertiary/aromatic N) is 7. The number of nitrogens with two attached hydrogens (primary N) is 1. The highest BCUT2D eigenvalue weighted by Crippen LogP contribution is 2.25. The standard InChI is InChI=1S/C22H19N5O4.C22H21N5O2/c1-15-21-19(23-12-17-8-5-9-18(10-17)27(29)30)11-20(28)26(22(21)25-14-24-15)31-13-16-6-3-2-4-7-16;1-15-21-19(24-12-17-8-5-9-18(23)10-17)11-20(28)27(22(21)26-14-25-15)29-13-16-6-3-2-4-7-16/h2-11,14,23H,12-13H2,1H3;2-11,14,24H,12-13,23H2,1H3. The molecule has 0 aliphatic carbocycles. The van der Waals surface area contributed by atoms with Crippen molar-refractivity contribution in [2.75, 3.05) is 16.4 Å². The van der Waals surface area contributed by atoms with Crippen LogP contribution in [0.25, 0.3) is 22.1 Å². The molecule has 0 aliphatic rings. The van der Waals surface area contributed by atoms with E-state index in [1.54, 1.807) is 12.1 Å². The topological polar surface area (TPSA) is 207 Å². The number of hydrogen-bond donors (Lipinski definition) is 3. The van der Waals surface area contributed by atoms with Crippen molar-refractivity contribution >= 4 is 44.8 Å². The molecule has 0 fully saturated rings. The Morgan fingerprint density at radius 2 is 1.05 bits per heavy atom. The first-order valence-electron chi connectivity index (χ1n) is 18.8. The molecule has 0 aliphatic heterocycles. The van der Waals surface area contributed by atoms with Crippen molar-refractivity contribution in [2.24, 2.45) is 0 Å². The van der Waals surface area contributed by atoms with E-state index >= 15 is 0 Å². The summed E-state index contributed by atoms with van der Waals surface area (Å²) in [7, 11) is 0. The van der Waals surface area contributed by atoms with Crippen molar-refractivity contribution < 1.29 is 14.6 Å². The molecule has 0 atom stereocenters. The molecule has 4 heterocycles. The van der Waals surface area contributed by atoms with Crippen LogP contribution >= 0.6 is 0 Å². The quantitative estimate of drug-likeness (QED) is 0.0678. The molecule has 8 rings (SSSR count). The zero-order valence-electron chi connectivity index (χ0n) is 32.7. The number of nitro benzene ring substituents is 1. The number of aromatic nitrogens is 6. The second-order valence-corrected chi connectivity index (χ2v) is 13.6. The molecule has 302 valence electrons. The maximum absolute atomic E-state index is 12.8. The minimum absolute atomic E-state index is 0.00778. The molecular weight excluding hydrogens is 765 g/mol. The number of rotatable bonds is 13. The van der Waals surface area contributed by atoms with Gasteiger partial charge in [0.15, 0.2) is 11.3 Å². The van der Waals surface area contributed by atoms with Crippen LogP contribution in [0.15, 0.2) is 144 Å². The first-order valence-corrected chi connectivity index (χ1v) is 18.8. The Bertz CT molecular complexity index is 2910. The van der Waals surface area contributed by atoms with Crippen molar-refractivity contribution in [3.63, 3.8) is 0 Å². The lowest BCUT2D eigenvalue weighted by Gasteiger charge is -2.15. The summed E-state index contributed by atoms with van der Waals surface area (Å²) in [5.41, 5.74) is 12.8. The lowest BCUT2D eigenvalue weighted by molar-refractivity contribution is -0.384. The van der Waals surface area contributed by atoms with Gasteiger partial charge in [-0.05, 0) is 48.2 Å². The molecule has 0 radical (unpaired) electrons. The van der Waals surface area contributed by atoms with E-state index in [1.807, 2.05) is 98.8 Å². The van der Waals surface area contributed by atoms with E-state index in [1.165, 1.54) is 41.7 Å². The van der Waals surface area contributed by atoms with Crippen molar-refractivity contribution in [1.82, 2.24) is 29.4 Å². The fourth-order valence-corrected chi connectivity index (χ4v) is 6.41. The third-order valence-corrected chi connectivity index (χ3v) is 9.34. The van der Waals surface area contributed by atoms with Crippen molar-refractivity contribution in [3.05, 3.63) is 198 Å². The van der Waals surface area contributed by atoms with Gasteiger partial charge < -0.3 is 26.0 Å². The minimum atomic E-state index is -0.442. The SMILES string of the molecule is Cc1ncnc2c1c(NCc1cccc(N)c1)cc(=O)n2OCc1ccccc1.Cc1ncnc2c1c(NCc1cccc([N+](=O)[O-])c1)cc(=O)n2OCc1ccccc1. The number of fused-ring (bicyclic) bond motifs is 2. The highest BCUT2D eigenvalue weighted by atomic mass is 16.7. The highest BCUT2D eigenvalue weighted by molar-refractivity contribution is 5.91. The number of nitrogens with one attached hydrogen (secondary N) is 2. The first-order chi connectivity index (χ1) is 29.1. The van der Waals surface area contributed by atoms with Gasteiger partial charge in [0.25, 0.3) is 16.8 Å². The van der Waals surface area contributed by atoms with Gasteiger partial charge in [-0.1, -0.05) is 84.9 Å². The summed E-state index contributed by atoms with van der Waals surface area (Å²) in [4.78, 5) is 64.8. The maximum Gasteiger partial charge on any atom is 0.287 e. The van der Waals surface area contributed by atoms with E-state index < -0.39 is 4.92 Å². The number of nitrogen functional groups attached to an aromatic ring is 1. The van der Waals surface area contributed by atoms with Gasteiger partial charge in [0.1, 0.15) is 25.9 Å². The summed E-state index contributed by atoms with van der Waals surface area (Å²) in [5, 5.41) is 18.9. The monoisotopic (exact) mass is 804 g/mol. The average molecular weight is 805 g/mol. The number of non-ortho nitro benzene ring substituents is 1. The summed E-state index contributed by atoms with van der Waals surface area (Å²) in [6, 6.07) is 36.0. The third-order valence-electron chi connectivity index (χ3n) is 9.34. The summed E-state index contributed by atoms with van der Waals surface area (Å²) in [6.07, 6.45) is 2.81. The first kappa shape index (κ1) is 40.1. The molecule has 16 nitrogen and oxygen atoms in total. The van der Waals surface area contributed by atoms with Gasteiger partial charge in [-0.25, -0.2) is 19.9 Å². The third kappa shape index (κ3) is 9.51. The predicted octanol–water partition coefficient (Wildman–Crippen LogP) is 6.17. The lowest BCUT2D eigenvalue weighted by Crippen LogP contribution is -2.28. The highest BCUT2D eigenvalue weighted by Gasteiger charge is 2.16. The fourth-order valence-electron chi connectivity index (χ4n) is 6.41. The van der Waals surface area contributed by atoms with Crippen LogP contribution in [0.5, 0.6) is 0 Å². The van der Waals surface area contributed by atoms with Crippen LogP contribution in [0.4, 0.5) is 22.7 Å². The molecule has 4 aromatic carbocycles. The predicted molar refractivity (Wildman–Crippen MR) is 229 cm³/mol. The van der Waals surface area contributed by atoms with Gasteiger partial charge in [-0.3, -0.25) is 19.7 Å². The van der Waals surface area contributed by atoms with E-state index in [2.05, 4.69) is 30.6 Å². The molecule has 60 heavy (non-hydrogen) atoms. The van der Waals surface area contributed by atoms with Gasteiger partial charge in [0, 0.05) is 43.0 Å². The Morgan fingerprint density at radius 3 is 1.52 bits per heavy atom. The Balaban J connectivity index is 0.000000182. The number of pyridine rings is 2. The summed E-state index contributed by atoms with van der Waals surface area (Å²) in [5.74, 6) is 0. The molecule has 16 heteroatoms. The van der Waals surface area contributed by atoms with E-state index in [9.17, 15) is 19.7 Å². The van der Waals surface area contributed by atoms with Gasteiger partial charge in [0.2, 0.25) is 0 Å². The number of nitro groups is 1. The van der Waals surface area contributed by atoms with Gasteiger partial charge in [0.05, 0.1) is 38.5 Å². The molecule has 0 saturated carbocycles. The molecule has 0 bridgehead atoms. The van der Waals surface area contributed by atoms with Crippen LogP contribution in [0.2, 0.25) is 0 Å². The number of anilines is 3. The molecule has 4 aromatic heterocycles. The Hall–Kier alpha value is -8.14. The lowest BCUT2D eigenvalue weighted by atomic mass is 10.1. The van der Waals surface area contributed by atoms with Crippen LogP contribution in [0.1, 0.15) is 33.6 Å². The average Bonchev–Trinajstić information content (AvgIpc) is 3.25. The van der Waals surface area contributed by atoms with E-state index in [4.69, 9.17) is 15.4 Å². The molecule has 0 amide bonds. The zero-order valence-corrected chi connectivity index (χ0v) is 32.7. The van der Waals surface area contributed by atoms with Crippen LogP contribution in [0, 0.1) is 24.0 Å². The molecule has 8 aromatic rings. The Morgan fingerprint density at radius 1 is 0.600 bits per heavy atom. The molecule has 0 saturated heterocycles. The fraction of sp³-hybridized carbons (Fsp3) is 0.136. The Kier molecular flexibility index (Phi) is 12.3. The summed E-state index contributed by atoms with van der Waals surface area (Å²) < 4.78 is 2.39. The second-order valence-electron chi connectivity index (χ2n) is 13.6. The van der Waals surface area contributed by atoms with E-state index in [0.29, 0.717) is 58.1 Å². The summed E-state index contributed by atoms with van der Waals surface area (Å²) in [6.45, 7) is 4.97. The van der Waals surface area contributed by atoms with Crippen LogP contribution in [-0.4, -0.2) is 34.3 Å². The van der Waals surface area contributed by atoms with E-state index in [0.717, 1.165) is 32.5 Å². The van der Waals surface area contributed by atoms with Crippen molar-refractivity contribution in [1.29, 1.82) is 0 Å². The Labute approximate surface area is 343 Å². The van der Waals surface area contributed by atoms with Gasteiger partial charge in [-0.15, -0.1) is 9.46 Å². The van der Waals surface area contributed by atoms with Crippen molar-refractivity contribution in [3.8, 4) is 0 Å².